The fourth-order valence-corrected chi connectivity index (χ4v) is 5.47. The molecule has 0 spiro atoms. The Morgan fingerprint density at radius 2 is 1.77 bits per heavy atom. The third-order valence-corrected chi connectivity index (χ3v) is 7.83. The lowest BCUT2D eigenvalue weighted by molar-refractivity contribution is -0.385. The lowest BCUT2D eigenvalue weighted by Crippen LogP contribution is -2.20. The monoisotopic (exact) mass is 486 g/mol. The van der Waals surface area contributed by atoms with Crippen molar-refractivity contribution in [2.24, 2.45) is 4.40 Å². The molecule has 1 aliphatic rings. The van der Waals surface area contributed by atoms with Crippen LogP contribution in [0.3, 0.4) is 0 Å². The van der Waals surface area contributed by atoms with E-state index in [-0.39, 0.29) is 26.1 Å². The van der Waals surface area contributed by atoms with Crippen LogP contribution in [0, 0.1) is 17.0 Å². The molecular weight excluding hydrogens is 468 g/mol. The molecule has 0 atom stereocenters. The maximum Gasteiger partial charge on any atom is 0.283 e. The number of nitro benzene ring substituents is 1. The van der Waals surface area contributed by atoms with Gasteiger partial charge in [0.25, 0.3) is 25.7 Å². The number of nitro groups is 1. The number of hydrogen-bond acceptors (Lipinski definition) is 6. The molecule has 10 nitrogen and oxygen atoms in total. The van der Waals surface area contributed by atoms with E-state index in [1.807, 2.05) is 0 Å². The molecule has 0 bridgehead atoms. The van der Waals surface area contributed by atoms with Gasteiger partial charge in [0.05, 0.1) is 19.7 Å². The molecule has 0 aliphatic carbocycles. The zero-order valence-corrected chi connectivity index (χ0v) is 19.0. The molecule has 0 unspecified atom stereocenters. The fourth-order valence-electron chi connectivity index (χ4n) is 3.00. The first-order valence-corrected chi connectivity index (χ1v) is 12.3. The molecule has 0 radical (unpaired) electrons. The minimum atomic E-state index is -4.21. The number of hydrogen-bond donors (Lipinski definition) is 1. The summed E-state index contributed by atoms with van der Waals surface area (Å²) in [4.78, 5) is 11.7. The zero-order chi connectivity index (χ0) is 23.0. The van der Waals surface area contributed by atoms with Gasteiger partial charge in [-0.3, -0.25) is 14.8 Å². The standard InChI is InChI=1S/C18H19ClN4O6S2/c1-12-16(19)10-15(11-17(12)23(24)25)31(28,29)20-13-5-7-14(8-6-13)30(26,27)21-18-4-3-9-22(18)2/h5-8,10-11,20H,3-4,9H2,1-2H3. The number of rotatable bonds is 6. The molecular formula is C18H19ClN4O6S2. The number of amidine groups is 1. The quantitative estimate of drug-likeness (QED) is 0.488. The van der Waals surface area contributed by atoms with Crippen molar-refractivity contribution in [2.45, 2.75) is 29.6 Å². The summed E-state index contributed by atoms with van der Waals surface area (Å²) in [5.74, 6) is 0.475. The van der Waals surface area contributed by atoms with Gasteiger partial charge in [-0.05, 0) is 43.7 Å². The Kier molecular flexibility index (Phi) is 6.25. The van der Waals surface area contributed by atoms with Gasteiger partial charge in [0, 0.05) is 37.3 Å². The third-order valence-electron chi connectivity index (χ3n) is 4.76. The Balaban J connectivity index is 1.86. The smallest absolute Gasteiger partial charge is 0.283 e. The van der Waals surface area contributed by atoms with Crippen LogP contribution in [0.2, 0.25) is 5.02 Å². The van der Waals surface area contributed by atoms with Gasteiger partial charge in [-0.25, -0.2) is 8.42 Å². The fraction of sp³-hybridized carbons (Fsp3) is 0.278. The molecule has 1 N–H and O–H groups in total. The van der Waals surface area contributed by atoms with E-state index >= 15 is 0 Å². The van der Waals surface area contributed by atoms with Gasteiger partial charge in [-0.15, -0.1) is 4.40 Å². The Bertz CT molecular complexity index is 1270. The van der Waals surface area contributed by atoms with Crippen molar-refractivity contribution in [3.63, 3.8) is 0 Å². The van der Waals surface area contributed by atoms with Crippen molar-refractivity contribution in [1.82, 2.24) is 4.90 Å². The van der Waals surface area contributed by atoms with E-state index < -0.39 is 30.7 Å². The second-order valence-corrected chi connectivity index (χ2v) is 10.6. The summed E-state index contributed by atoms with van der Waals surface area (Å²) in [6.45, 7) is 2.15. The molecule has 13 heteroatoms. The van der Waals surface area contributed by atoms with Gasteiger partial charge >= 0.3 is 0 Å². The maximum atomic E-state index is 12.7. The van der Waals surface area contributed by atoms with E-state index in [9.17, 15) is 26.9 Å². The van der Waals surface area contributed by atoms with Crippen LogP contribution >= 0.6 is 11.6 Å². The van der Waals surface area contributed by atoms with Crippen molar-refractivity contribution in [2.75, 3.05) is 18.3 Å². The molecule has 2 aromatic rings. The number of sulfonamides is 2. The van der Waals surface area contributed by atoms with Crippen LogP contribution in [0.15, 0.2) is 50.6 Å². The van der Waals surface area contributed by atoms with Crippen LogP contribution in [0.25, 0.3) is 0 Å². The number of nitrogens with zero attached hydrogens (tertiary/aromatic N) is 3. The van der Waals surface area contributed by atoms with Gasteiger partial charge in [0.1, 0.15) is 5.84 Å². The second kappa shape index (κ2) is 8.44. The molecule has 166 valence electrons. The first-order chi connectivity index (χ1) is 14.4. The van der Waals surface area contributed by atoms with Crippen LogP contribution < -0.4 is 4.72 Å². The van der Waals surface area contributed by atoms with Gasteiger partial charge in [0.2, 0.25) is 0 Å². The summed E-state index contributed by atoms with van der Waals surface area (Å²) in [5.41, 5.74) is -0.205. The zero-order valence-electron chi connectivity index (χ0n) is 16.6. The van der Waals surface area contributed by atoms with Crippen LogP contribution in [-0.2, 0) is 20.0 Å². The SMILES string of the molecule is Cc1c(Cl)cc(S(=O)(=O)Nc2ccc(S(=O)(=O)N=C3CCCN3C)cc2)cc1[N+](=O)[O-]. The molecule has 1 heterocycles. The number of anilines is 1. The molecule has 1 saturated heterocycles. The van der Waals surface area contributed by atoms with E-state index in [1.165, 1.54) is 31.2 Å². The highest BCUT2D eigenvalue weighted by Gasteiger charge is 2.24. The summed E-state index contributed by atoms with van der Waals surface area (Å²) in [7, 11) is -6.38. The highest BCUT2D eigenvalue weighted by molar-refractivity contribution is 7.92. The average molecular weight is 487 g/mol. The van der Waals surface area contributed by atoms with Crippen LogP contribution in [-0.4, -0.2) is 46.1 Å². The summed E-state index contributed by atoms with van der Waals surface area (Å²) in [6, 6.07) is 7.03. The molecule has 31 heavy (non-hydrogen) atoms. The highest BCUT2D eigenvalue weighted by atomic mass is 35.5. The molecule has 0 saturated carbocycles. The summed E-state index contributed by atoms with van der Waals surface area (Å²) >= 11 is 5.94. The minimum absolute atomic E-state index is 0.0630. The summed E-state index contributed by atoms with van der Waals surface area (Å²) in [5, 5.41) is 11.1. The predicted octanol–water partition coefficient (Wildman–Crippen LogP) is 3.17. The number of benzene rings is 2. The molecule has 1 aliphatic heterocycles. The first-order valence-electron chi connectivity index (χ1n) is 9.03. The number of nitrogens with one attached hydrogen (secondary N) is 1. The minimum Gasteiger partial charge on any atom is -0.362 e. The first kappa shape index (κ1) is 23.0. The van der Waals surface area contributed by atoms with Crippen molar-refractivity contribution < 1.29 is 21.8 Å². The van der Waals surface area contributed by atoms with Crippen molar-refractivity contribution in [3.8, 4) is 0 Å². The largest absolute Gasteiger partial charge is 0.362 e. The Labute approximate surface area is 184 Å². The van der Waals surface area contributed by atoms with Crippen molar-refractivity contribution in [3.05, 3.63) is 57.1 Å². The van der Waals surface area contributed by atoms with E-state index in [0.29, 0.717) is 12.3 Å². The van der Waals surface area contributed by atoms with Gasteiger partial charge in [-0.1, -0.05) is 11.6 Å². The predicted molar refractivity (Wildman–Crippen MR) is 117 cm³/mol. The average Bonchev–Trinajstić information content (AvgIpc) is 3.07. The molecule has 0 aromatic heterocycles. The molecule has 3 rings (SSSR count). The van der Waals surface area contributed by atoms with Gasteiger partial charge in [-0.2, -0.15) is 8.42 Å². The topological polar surface area (TPSA) is 139 Å². The molecule has 2 aromatic carbocycles. The van der Waals surface area contributed by atoms with E-state index in [0.717, 1.165) is 25.1 Å². The normalized spacial score (nSPS) is 16.0. The van der Waals surface area contributed by atoms with Crippen molar-refractivity contribution >= 4 is 48.9 Å². The Morgan fingerprint density at radius 3 is 2.32 bits per heavy atom. The van der Waals surface area contributed by atoms with Crippen LogP contribution in [0.5, 0.6) is 0 Å². The second-order valence-electron chi connectivity index (χ2n) is 6.94. The molecule has 1 fully saturated rings. The van der Waals surface area contributed by atoms with Crippen LogP contribution in [0.1, 0.15) is 18.4 Å². The lowest BCUT2D eigenvalue weighted by atomic mass is 10.2. The van der Waals surface area contributed by atoms with E-state index in [2.05, 4.69) is 9.12 Å². The third kappa shape index (κ3) is 4.97. The van der Waals surface area contributed by atoms with Crippen molar-refractivity contribution in [1.29, 1.82) is 0 Å². The maximum absolute atomic E-state index is 12.7. The number of likely N-dealkylation sites (tertiary alicyclic amines) is 1. The van der Waals surface area contributed by atoms with Gasteiger partial charge in [0.15, 0.2) is 0 Å². The number of halogens is 1. The van der Waals surface area contributed by atoms with Crippen LogP contribution in [0.4, 0.5) is 11.4 Å². The Hall–Kier alpha value is -2.70. The molecule has 0 amide bonds. The lowest BCUT2D eigenvalue weighted by Gasteiger charge is -2.12. The Morgan fingerprint density at radius 1 is 1.13 bits per heavy atom. The summed E-state index contributed by atoms with van der Waals surface area (Å²) in [6.07, 6.45) is 1.39. The van der Waals surface area contributed by atoms with E-state index in [1.54, 1.807) is 11.9 Å². The van der Waals surface area contributed by atoms with Gasteiger partial charge < -0.3 is 4.90 Å². The summed E-state index contributed by atoms with van der Waals surface area (Å²) < 4.78 is 56.4. The highest BCUT2D eigenvalue weighted by Crippen LogP contribution is 2.30. The van der Waals surface area contributed by atoms with E-state index in [4.69, 9.17) is 11.6 Å².